The van der Waals surface area contributed by atoms with Crippen LogP contribution in [0, 0.1) is 5.92 Å². The van der Waals surface area contributed by atoms with Crippen LogP contribution in [0.4, 0.5) is 5.69 Å². The maximum absolute atomic E-state index is 11.7. The van der Waals surface area contributed by atoms with Crippen LogP contribution in [0.15, 0.2) is 11.4 Å². The van der Waals surface area contributed by atoms with E-state index in [9.17, 15) is 9.59 Å². The van der Waals surface area contributed by atoms with E-state index in [1.807, 2.05) is 13.8 Å². The minimum Gasteiger partial charge on any atom is -0.448 e. The highest BCUT2D eigenvalue weighted by Crippen LogP contribution is 2.20. The number of hydrogen-bond acceptors (Lipinski definition) is 5. The highest BCUT2D eigenvalue weighted by atomic mass is 32.1. The average Bonchev–Trinajstić information content (AvgIpc) is 2.72. The lowest BCUT2D eigenvalue weighted by Crippen LogP contribution is -2.37. The van der Waals surface area contributed by atoms with Gasteiger partial charge in [-0.3, -0.25) is 4.79 Å². The van der Waals surface area contributed by atoms with Gasteiger partial charge in [0.05, 0.1) is 5.69 Å². The fourth-order valence-electron chi connectivity index (χ4n) is 1.20. The first-order valence-electron chi connectivity index (χ1n) is 5.73. The Labute approximate surface area is 110 Å². The quantitative estimate of drug-likeness (QED) is 0.797. The summed E-state index contributed by atoms with van der Waals surface area (Å²) in [5.41, 5.74) is 5.98. The van der Waals surface area contributed by atoms with Crippen molar-refractivity contribution >= 4 is 28.9 Å². The SMILES string of the molecule is CC(C)CNC(=O)C(C)OC(=O)c1sccc1N. The standard InChI is InChI=1S/C12H18N2O3S/c1-7(2)6-14-11(15)8(3)17-12(16)10-9(13)4-5-18-10/h4-5,7-8H,6,13H2,1-3H3,(H,14,15). The smallest absolute Gasteiger partial charge is 0.351 e. The largest absolute Gasteiger partial charge is 0.448 e. The van der Waals surface area contributed by atoms with E-state index in [0.29, 0.717) is 23.0 Å². The van der Waals surface area contributed by atoms with Crippen molar-refractivity contribution in [3.05, 3.63) is 16.3 Å². The van der Waals surface area contributed by atoms with Gasteiger partial charge in [0, 0.05) is 6.54 Å². The highest BCUT2D eigenvalue weighted by Gasteiger charge is 2.20. The van der Waals surface area contributed by atoms with E-state index in [4.69, 9.17) is 10.5 Å². The van der Waals surface area contributed by atoms with Crippen LogP contribution in [0.2, 0.25) is 0 Å². The van der Waals surface area contributed by atoms with E-state index in [2.05, 4.69) is 5.32 Å². The molecule has 0 aliphatic carbocycles. The topological polar surface area (TPSA) is 81.4 Å². The van der Waals surface area contributed by atoms with E-state index in [-0.39, 0.29) is 5.91 Å². The van der Waals surface area contributed by atoms with Gasteiger partial charge in [0.25, 0.3) is 5.91 Å². The van der Waals surface area contributed by atoms with Gasteiger partial charge in [0.15, 0.2) is 6.10 Å². The van der Waals surface area contributed by atoms with Gasteiger partial charge in [-0.2, -0.15) is 0 Å². The van der Waals surface area contributed by atoms with E-state index >= 15 is 0 Å². The third-order valence-corrected chi connectivity index (χ3v) is 3.13. The number of rotatable bonds is 5. The van der Waals surface area contributed by atoms with Crippen molar-refractivity contribution in [3.8, 4) is 0 Å². The van der Waals surface area contributed by atoms with Crippen LogP contribution in [0.5, 0.6) is 0 Å². The van der Waals surface area contributed by atoms with Crippen LogP contribution in [0.25, 0.3) is 0 Å². The third kappa shape index (κ3) is 4.03. The van der Waals surface area contributed by atoms with Gasteiger partial charge in [-0.15, -0.1) is 11.3 Å². The molecule has 1 amide bonds. The molecule has 0 bridgehead atoms. The molecule has 1 unspecified atom stereocenters. The number of nitrogen functional groups attached to an aromatic ring is 1. The lowest BCUT2D eigenvalue weighted by Gasteiger charge is -2.14. The molecule has 100 valence electrons. The summed E-state index contributed by atoms with van der Waals surface area (Å²) in [6.45, 7) is 6.08. The Morgan fingerprint density at radius 3 is 2.61 bits per heavy atom. The highest BCUT2D eigenvalue weighted by molar-refractivity contribution is 7.12. The fourth-order valence-corrected chi connectivity index (χ4v) is 1.90. The lowest BCUT2D eigenvalue weighted by molar-refractivity contribution is -0.129. The number of amides is 1. The normalized spacial score (nSPS) is 12.2. The Kier molecular flexibility index (Phi) is 5.15. The number of esters is 1. The molecule has 0 saturated carbocycles. The van der Waals surface area contributed by atoms with Gasteiger partial charge in [0.2, 0.25) is 0 Å². The summed E-state index contributed by atoms with van der Waals surface area (Å²) in [5.74, 6) is -0.508. The van der Waals surface area contributed by atoms with Crippen molar-refractivity contribution in [1.29, 1.82) is 0 Å². The van der Waals surface area contributed by atoms with Crippen molar-refractivity contribution in [2.24, 2.45) is 5.92 Å². The third-order valence-electron chi connectivity index (χ3n) is 2.22. The van der Waals surface area contributed by atoms with Gasteiger partial charge in [-0.05, 0) is 24.3 Å². The summed E-state index contributed by atoms with van der Waals surface area (Å²) in [4.78, 5) is 23.7. The predicted molar refractivity (Wildman–Crippen MR) is 71.5 cm³/mol. The fraction of sp³-hybridized carbons (Fsp3) is 0.500. The molecule has 5 nitrogen and oxygen atoms in total. The first-order chi connectivity index (χ1) is 8.41. The molecule has 18 heavy (non-hydrogen) atoms. The molecular formula is C12H18N2O3S. The van der Waals surface area contributed by atoms with Crippen LogP contribution in [0.1, 0.15) is 30.4 Å². The minimum atomic E-state index is -0.822. The number of hydrogen-bond donors (Lipinski definition) is 2. The number of thiophene rings is 1. The molecule has 3 N–H and O–H groups in total. The Morgan fingerprint density at radius 1 is 1.44 bits per heavy atom. The summed E-state index contributed by atoms with van der Waals surface area (Å²) in [6, 6.07) is 1.63. The second-order valence-electron chi connectivity index (χ2n) is 4.39. The molecule has 0 aliphatic rings. The van der Waals surface area contributed by atoms with Gasteiger partial charge in [-0.1, -0.05) is 13.8 Å². The van der Waals surface area contributed by atoms with Crippen molar-refractivity contribution in [2.75, 3.05) is 12.3 Å². The Balaban J connectivity index is 2.49. The second kappa shape index (κ2) is 6.39. The first kappa shape index (κ1) is 14.5. The molecule has 0 aromatic carbocycles. The monoisotopic (exact) mass is 270 g/mol. The molecule has 1 aromatic rings. The molecular weight excluding hydrogens is 252 g/mol. The Bertz CT molecular complexity index is 429. The zero-order chi connectivity index (χ0) is 13.7. The van der Waals surface area contributed by atoms with Crippen molar-refractivity contribution < 1.29 is 14.3 Å². The second-order valence-corrected chi connectivity index (χ2v) is 5.31. The number of nitrogens with one attached hydrogen (secondary N) is 1. The zero-order valence-corrected chi connectivity index (χ0v) is 11.5. The van der Waals surface area contributed by atoms with Crippen LogP contribution in [0.3, 0.4) is 0 Å². The Hall–Kier alpha value is -1.56. The summed E-state index contributed by atoms with van der Waals surface area (Å²) in [7, 11) is 0. The summed E-state index contributed by atoms with van der Waals surface area (Å²) in [6.07, 6.45) is -0.822. The van der Waals surface area contributed by atoms with Crippen LogP contribution in [-0.2, 0) is 9.53 Å². The molecule has 6 heteroatoms. The van der Waals surface area contributed by atoms with Crippen molar-refractivity contribution in [2.45, 2.75) is 26.9 Å². The van der Waals surface area contributed by atoms with Crippen molar-refractivity contribution in [1.82, 2.24) is 5.32 Å². The molecule has 0 fully saturated rings. The maximum atomic E-state index is 11.7. The van der Waals surface area contributed by atoms with E-state index in [0.717, 1.165) is 0 Å². The molecule has 1 atom stereocenters. The van der Waals surface area contributed by atoms with E-state index < -0.39 is 12.1 Å². The first-order valence-corrected chi connectivity index (χ1v) is 6.61. The lowest BCUT2D eigenvalue weighted by atomic mass is 10.2. The average molecular weight is 270 g/mol. The predicted octanol–water partition coefficient (Wildman–Crippen LogP) is 1.65. The summed E-state index contributed by atoms with van der Waals surface area (Å²) >= 11 is 1.20. The van der Waals surface area contributed by atoms with Crippen molar-refractivity contribution in [3.63, 3.8) is 0 Å². The molecule has 0 radical (unpaired) electrons. The van der Waals surface area contributed by atoms with E-state index in [1.54, 1.807) is 11.4 Å². The minimum absolute atomic E-state index is 0.299. The Morgan fingerprint density at radius 2 is 2.11 bits per heavy atom. The van der Waals surface area contributed by atoms with Crippen LogP contribution < -0.4 is 11.1 Å². The molecule has 1 heterocycles. The van der Waals surface area contributed by atoms with Gasteiger partial charge >= 0.3 is 5.97 Å². The number of ether oxygens (including phenoxy) is 1. The van der Waals surface area contributed by atoms with Crippen LogP contribution in [-0.4, -0.2) is 24.5 Å². The molecule has 0 spiro atoms. The number of carbonyl (C=O) groups is 2. The summed E-state index contributed by atoms with van der Waals surface area (Å²) < 4.78 is 5.05. The number of anilines is 1. The number of nitrogens with two attached hydrogens (primary N) is 1. The van der Waals surface area contributed by atoms with Crippen LogP contribution >= 0.6 is 11.3 Å². The van der Waals surface area contributed by atoms with Gasteiger partial charge < -0.3 is 15.8 Å². The number of carbonyl (C=O) groups excluding carboxylic acids is 2. The van der Waals surface area contributed by atoms with E-state index in [1.165, 1.54) is 18.3 Å². The zero-order valence-electron chi connectivity index (χ0n) is 10.7. The maximum Gasteiger partial charge on any atom is 0.351 e. The summed E-state index contributed by atoms with van der Waals surface area (Å²) in [5, 5.41) is 4.41. The molecule has 0 saturated heterocycles. The molecule has 1 aromatic heterocycles. The van der Waals surface area contributed by atoms with Gasteiger partial charge in [-0.25, -0.2) is 4.79 Å². The molecule has 0 aliphatic heterocycles. The van der Waals surface area contributed by atoms with Gasteiger partial charge in [0.1, 0.15) is 4.88 Å². The molecule has 1 rings (SSSR count).